The number of sulfonamides is 1. The quantitative estimate of drug-likeness (QED) is 0.876. The molecule has 0 aliphatic carbocycles. The molecule has 1 aromatic heterocycles. The number of hydrogen-bond acceptors (Lipinski definition) is 3. The number of hydrogen-bond donors (Lipinski definition) is 0. The Balaban J connectivity index is 2.16. The summed E-state index contributed by atoms with van der Waals surface area (Å²) in [6.45, 7) is 3.31. The van der Waals surface area contributed by atoms with Crippen molar-refractivity contribution in [1.29, 1.82) is 0 Å². The highest BCUT2D eigenvalue weighted by Gasteiger charge is 2.27. The summed E-state index contributed by atoms with van der Waals surface area (Å²) in [4.78, 5) is 4.78. The number of benzene rings is 1. The van der Waals surface area contributed by atoms with E-state index in [1.807, 2.05) is 12.1 Å². The fourth-order valence-corrected chi connectivity index (χ4v) is 4.66. The average Bonchev–Trinajstić information content (AvgIpc) is 2.54. The molecule has 0 spiro atoms. The third-order valence-electron chi connectivity index (χ3n) is 4.13. The summed E-state index contributed by atoms with van der Waals surface area (Å²) in [7, 11) is -3.42. The van der Waals surface area contributed by atoms with Gasteiger partial charge in [-0.2, -0.15) is 4.31 Å². The van der Waals surface area contributed by atoms with E-state index < -0.39 is 10.0 Å². The van der Waals surface area contributed by atoms with Crippen LogP contribution in [0.2, 0.25) is 0 Å². The molecular weight excluding hydrogens is 284 g/mol. The minimum Gasteiger partial charge on any atom is -0.256 e. The lowest BCUT2D eigenvalue weighted by molar-refractivity contribution is 0.347. The van der Waals surface area contributed by atoms with Crippen molar-refractivity contribution >= 4 is 20.9 Å². The second kappa shape index (κ2) is 5.73. The molecule has 1 saturated heterocycles. The molecule has 2 aromatic rings. The van der Waals surface area contributed by atoms with Crippen LogP contribution in [0.4, 0.5) is 0 Å². The molecule has 0 radical (unpaired) electrons. The molecule has 21 heavy (non-hydrogen) atoms. The smallest absolute Gasteiger partial charge is 0.243 e. The topological polar surface area (TPSA) is 50.3 Å². The lowest BCUT2D eigenvalue weighted by Gasteiger charge is -2.26. The summed E-state index contributed by atoms with van der Waals surface area (Å²) >= 11 is 0. The Kier molecular flexibility index (Phi) is 3.95. The summed E-state index contributed by atoms with van der Waals surface area (Å²) < 4.78 is 27.4. The Morgan fingerprint density at radius 2 is 1.90 bits per heavy atom. The Bertz CT molecular complexity index is 750. The third kappa shape index (κ3) is 2.56. The SMILES string of the molecule is CCc1ccc(S(=O)(=O)N2CCCCC2)c2cccnc12. The summed E-state index contributed by atoms with van der Waals surface area (Å²) in [5.74, 6) is 0. The second-order valence-corrected chi connectivity index (χ2v) is 7.35. The van der Waals surface area contributed by atoms with Crippen LogP contribution in [0.15, 0.2) is 35.4 Å². The molecule has 0 bridgehead atoms. The van der Waals surface area contributed by atoms with Gasteiger partial charge in [0, 0.05) is 24.7 Å². The Morgan fingerprint density at radius 3 is 2.62 bits per heavy atom. The van der Waals surface area contributed by atoms with Gasteiger partial charge in [0.25, 0.3) is 0 Å². The van der Waals surface area contributed by atoms with Crippen LogP contribution >= 0.6 is 0 Å². The van der Waals surface area contributed by atoms with Gasteiger partial charge < -0.3 is 0 Å². The zero-order valence-electron chi connectivity index (χ0n) is 12.2. The van der Waals surface area contributed by atoms with E-state index in [1.165, 1.54) is 0 Å². The first kappa shape index (κ1) is 14.5. The standard InChI is InChI=1S/C16H20N2O2S/c1-2-13-8-9-15(14-7-6-10-17-16(13)14)21(19,20)18-11-4-3-5-12-18/h6-10H,2-5,11-12H2,1H3. The number of rotatable bonds is 3. The predicted molar refractivity (Wildman–Crippen MR) is 83.7 cm³/mol. The molecule has 0 amide bonds. The van der Waals surface area contributed by atoms with Gasteiger partial charge in [-0.05, 0) is 43.0 Å². The van der Waals surface area contributed by atoms with Crippen molar-refractivity contribution in [2.75, 3.05) is 13.1 Å². The van der Waals surface area contributed by atoms with Gasteiger partial charge >= 0.3 is 0 Å². The fourth-order valence-electron chi connectivity index (χ4n) is 2.96. The van der Waals surface area contributed by atoms with Gasteiger partial charge in [0.2, 0.25) is 10.0 Å². The van der Waals surface area contributed by atoms with Gasteiger partial charge in [-0.25, -0.2) is 8.42 Å². The van der Waals surface area contributed by atoms with E-state index in [-0.39, 0.29) is 0 Å². The molecule has 3 rings (SSSR count). The number of fused-ring (bicyclic) bond motifs is 1. The highest BCUT2D eigenvalue weighted by molar-refractivity contribution is 7.89. The van der Waals surface area contributed by atoms with Crippen LogP contribution in [-0.4, -0.2) is 30.8 Å². The largest absolute Gasteiger partial charge is 0.256 e. The van der Waals surface area contributed by atoms with E-state index in [2.05, 4.69) is 11.9 Å². The van der Waals surface area contributed by atoms with Crippen LogP contribution in [0.3, 0.4) is 0 Å². The molecule has 5 heteroatoms. The van der Waals surface area contributed by atoms with Crippen molar-refractivity contribution in [3.05, 3.63) is 36.0 Å². The highest BCUT2D eigenvalue weighted by atomic mass is 32.2. The molecule has 112 valence electrons. The fraction of sp³-hybridized carbons (Fsp3) is 0.438. The molecule has 1 aliphatic rings. The van der Waals surface area contributed by atoms with Gasteiger partial charge in [-0.1, -0.05) is 19.4 Å². The molecule has 1 aliphatic heterocycles. The monoisotopic (exact) mass is 304 g/mol. The number of aryl methyl sites for hydroxylation is 1. The Hall–Kier alpha value is -1.46. The molecule has 1 fully saturated rings. The van der Waals surface area contributed by atoms with E-state index in [0.29, 0.717) is 18.0 Å². The number of nitrogens with zero attached hydrogens (tertiary/aromatic N) is 2. The molecule has 2 heterocycles. The molecular formula is C16H20N2O2S. The van der Waals surface area contributed by atoms with Crippen molar-refractivity contribution < 1.29 is 8.42 Å². The lowest BCUT2D eigenvalue weighted by Crippen LogP contribution is -2.35. The summed E-state index contributed by atoms with van der Waals surface area (Å²) in [5, 5.41) is 0.738. The van der Waals surface area contributed by atoms with Crippen molar-refractivity contribution in [2.45, 2.75) is 37.5 Å². The van der Waals surface area contributed by atoms with Crippen LogP contribution in [0.25, 0.3) is 10.9 Å². The molecule has 1 aromatic carbocycles. The van der Waals surface area contributed by atoms with Crippen LogP contribution < -0.4 is 0 Å². The van der Waals surface area contributed by atoms with E-state index >= 15 is 0 Å². The Morgan fingerprint density at radius 1 is 1.14 bits per heavy atom. The third-order valence-corrected chi connectivity index (χ3v) is 6.08. The van der Waals surface area contributed by atoms with Crippen LogP contribution in [-0.2, 0) is 16.4 Å². The second-order valence-electron chi connectivity index (χ2n) is 5.44. The predicted octanol–water partition coefficient (Wildman–Crippen LogP) is 2.97. The minimum atomic E-state index is -3.42. The highest BCUT2D eigenvalue weighted by Crippen LogP contribution is 2.28. The van der Waals surface area contributed by atoms with E-state index in [0.717, 1.165) is 42.1 Å². The molecule has 0 saturated carbocycles. The first-order valence-corrected chi connectivity index (χ1v) is 8.95. The van der Waals surface area contributed by atoms with Crippen molar-refractivity contribution in [3.63, 3.8) is 0 Å². The lowest BCUT2D eigenvalue weighted by atomic mass is 10.1. The maximum Gasteiger partial charge on any atom is 0.243 e. The normalized spacial score (nSPS) is 17.2. The zero-order valence-corrected chi connectivity index (χ0v) is 13.1. The van der Waals surface area contributed by atoms with Crippen LogP contribution in [0.1, 0.15) is 31.7 Å². The van der Waals surface area contributed by atoms with Gasteiger partial charge in [0.15, 0.2) is 0 Å². The molecule has 0 atom stereocenters. The molecule has 0 unspecified atom stereocenters. The minimum absolute atomic E-state index is 0.393. The average molecular weight is 304 g/mol. The van der Waals surface area contributed by atoms with Crippen LogP contribution in [0.5, 0.6) is 0 Å². The van der Waals surface area contributed by atoms with E-state index in [4.69, 9.17) is 0 Å². The summed E-state index contributed by atoms with van der Waals surface area (Å²) in [6.07, 6.45) is 5.57. The summed E-state index contributed by atoms with van der Waals surface area (Å²) in [6, 6.07) is 7.30. The van der Waals surface area contributed by atoms with Crippen molar-refractivity contribution in [2.24, 2.45) is 0 Å². The van der Waals surface area contributed by atoms with Crippen molar-refractivity contribution in [3.8, 4) is 0 Å². The zero-order chi connectivity index (χ0) is 14.9. The summed E-state index contributed by atoms with van der Waals surface area (Å²) in [5.41, 5.74) is 1.89. The van der Waals surface area contributed by atoms with E-state index in [1.54, 1.807) is 22.6 Å². The number of aromatic nitrogens is 1. The number of piperidine rings is 1. The van der Waals surface area contributed by atoms with E-state index in [9.17, 15) is 8.42 Å². The van der Waals surface area contributed by atoms with Gasteiger partial charge in [-0.3, -0.25) is 4.98 Å². The van der Waals surface area contributed by atoms with Gasteiger partial charge in [0.1, 0.15) is 0 Å². The van der Waals surface area contributed by atoms with Gasteiger partial charge in [0.05, 0.1) is 10.4 Å². The first-order valence-electron chi connectivity index (χ1n) is 7.51. The molecule has 0 N–H and O–H groups in total. The maximum atomic E-state index is 12.9. The molecule has 4 nitrogen and oxygen atoms in total. The maximum absolute atomic E-state index is 12.9. The number of pyridine rings is 1. The van der Waals surface area contributed by atoms with Crippen molar-refractivity contribution in [1.82, 2.24) is 9.29 Å². The van der Waals surface area contributed by atoms with Gasteiger partial charge in [-0.15, -0.1) is 0 Å². The first-order chi connectivity index (χ1) is 10.1. The Labute approximate surface area is 125 Å². The van der Waals surface area contributed by atoms with Crippen LogP contribution in [0, 0.1) is 0 Å².